The van der Waals surface area contributed by atoms with Crippen LogP contribution in [0.3, 0.4) is 0 Å². The van der Waals surface area contributed by atoms with Gasteiger partial charge in [0.2, 0.25) is 10.0 Å². The van der Waals surface area contributed by atoms with Gasteiger partial charge in [0.05, 0.1) is 23.6 Å². The number of nitrogens with one attached hydrogen (secondary N) is 1. The zero-order chi connectivity index (χ0) is 14.6. The van der Waals surface area contributed by atoms with Crippen LogP contribution in [0.2, 0.25) is 0 Å². The zero-order valence-corrected chi connectivity index (χ0v) is 12.1. The van der Waals surface area contributed by atoms with E-state index in [2.05, 4.69) is 16.6 Å². The van der Waals surface area contributed by atoms with E-state index in [0.29, 0.717) is 13.0 Å². The molecule has 1 heterocycles. The molecule has 5 nitrogen and oxygen atoms in total. The summed E-state index contributed by atoms with van der Waals surface area (Å²) in [6.07, 6.45) is 0.597. The quantitative estimate of drug-likeness (QED) is 0.793. The van der Waals surface area contributed by atoms with Crippen LogP contribution in [0.4, 0.5) is 0 Å². The summed E-state index contributed by atoms with van der Waals surface area (Å²) < 4.78 is 32.5. The van der Waals surface area contributed by atoms with Crippen molar-refractivity contribution in [1.29, 1.82) is 0 Å². The fourth-order valence-electron chi connectivity index (χ4n) is 2.02. The van der Waals surface area contributed by atoms with Gasteiger partial charge in [-0.3, -0.25) is 0 Å². The molecule has 0 aromatic heterocycles. The van der Waals surface area contributed by atoms with Gasteiger partial charge in [0.25, 0.3) is 0 Å². The Balaban J connectivity index is 2.13. The SMILES string of the molecule is CC1OCCC1NS(=O)(=O)c1ccc(C#CCN)cc1. The molecule has 0 bridgehead atoms. The Morgan fingerprint density at radius 1 is 1.40 bits per heavy atom. The van der Waals surface area contributed by atoms with Crippen LogP contribution in [0.15, 0.2) is 29.2 Å². The molecule has 0 saturated carbocycles. The third kappa shape index (κ3) is 3.58. The van der Waals surface area contributed by atoms with Crippen molar-refractivity contribution in [3.8, 4) is 11.8 Å². The number of sulfonamides is 1. The predicted molar refractivity (Wildman–Crippen MR) is 76.5 cm³/mol. The van der Waals surface area contributed by atoms with Gasteiger partial charge in [-0.2, -0.15) is 0 Å². The second-order valence-corrected chi connectivity index (χ2v) is 6.34. The zero-order valence-electron chi connectivity index (χ0n) is 11.3. The summed E-state index contributed by atoms with van der Waals surface area (Å²) in [4.78, 5) is 0.231. The Morgan fingerprint density at radius 3 is 2.65 bits per heavy atom. The minimum Gasteiger partial charge on any atom is -0.377 e. The van der Waals surface area contributed by atoms with Crippen molar-refractivity contribution in [1.82, 2.24) is 4.72 Å². The standard InChI is InChI=1S/C14H18N2O3S/c1-11-14(8-10-19-11)16-20(17,18)13-6-4-12(5-7-13)3-2-9-15/h4-7,11,14,16H,8-10,15H2,1H3. The van der Waals surface area contributed by atoms with E-state index in [9.17, 15) is 8.42 Å². The van der Waals surface area contributed by atoms with Crippen LogP contribution in [0.5, 0.6) is 0 Å². The lowest BCUT2D eigenvalue weighted by molar-refractivity contribution is 0.117. The molecule has 3 N–H and O–H groups in total. The third-order valence-corrected chi connectivity index (χ3v) is 4.69. The first-order chi connectivity index (χ1) is 9.53. The first-order valence-electron chi connectivity index (χ1n) is 6.46. The van der Waals surface area contributed by atoms with Crippen molar-refractivity contribution >= 4 is 10.0 Å². The van der Waals surface area contributed by atoms with Gasteiger partial charge in [-0.15, -0.1) is 0 Å². The van der Waals surface area contributed by atoms with Crippen molar-refractivity contribution < 1.29 is 13.2 Å². The number of hydrogen-bond donors (Lipinski definition) is 2. The molecule has 0 spiro atoms. The van der Waals surface area contributed by atoms with Gasteiger partial charge in [0.15, 0.2) is 0 Å². The third-order valence-electron chi connectivity index (χ3n) is 3.18. The molecule has 2 unspecified atom stereocenters. The fraction of sp³-hybridized carbons (Fsp3) is 0.429. The fourth-order valence-corrected chi connectivity index (χ4v) is 3.36. The molecule has 1 aromatic rings. The maximum absolute atomic E-state index is 12.2. The van der Waals surface area contributed by atoms with Crippen LogP contribution in [0.25, 0.3) is 0 Å². The van der Waals surface area contributed by atoms with Crippen LogP contribution in [0, 0.1) is 11.8 Å². The van der Waals surface area contributed by atoms with Crippen LogP contribution in [-0.2, 0) is 14.8 Å². The molecule has 1 aromatic carbocycles. The lowest BCUT2D eigenvalue weighted by Gasteiger charge is -2.16. The van der Waals surface area contributed by atoms with E-state index in [1.54, 1.807) is 24.3 Å². The second kappa shape index (κ2) is 6.37. The van der Waals surface area contributed by atoms with Crippen LogP contribution >= 0.6 is 0 Å². The van der Waals surface area contributed by atoms with Gasteiger partial charge in [-0.25, -0.2) is 13.1 Å². The summed E-state index contributed by atoms with van der Waals surface area (Å²) >= 11 is 0. The average molecular weight is 294 g/mol. The molecule has 1 saturated heterocycles. The minimum atomic E-state index is -3.52. The molecule has 2 atom stereocenters. The van der Waals surface area contributed by atoms with Crippen molar-refractivity contribution in [2.75, 3.05) is 13.2 Å². The molecular formula is C14H18N2O3S. The van der Waals surface area contributed by atoms with E-state index >= 15 is 0 Å². The molecule has 1 aliphatic heterocycles. The van der Waals surface area contributed by atoms with Crippen LogP contribution in [-0.4, -0.2) is 33.7 Å². The van der Waals surface area contributed by atoms with Gasteiger partial charge in [-0.1, -0.05) is 11.8 Å². The molecule has 0 amide bonds. The first kappa shape index (κ1) is 15.0. The molecular weight excluding hydrogens is 276 g/mol. The molecule has 1 aliphatic rings. The Labute approximate surface area is 119 Å². The Kier molecular flexibility index (Phi) is 4.78. The molecule has 20 heavy (non-hydrogen) atoms. The summed E-state index contributed by atoms with van der Waals surface area (Å²) in [6, 6.07) is 6.27. The highest BCUT2D eigenvalue weighted by molar-refractivity contribution is 7.89. The second-order valence-electron chi connectivity index (χ2n) is 4.62. The maximum Gasteiger partial charge on any atom is 0.240 e. The normalized spacial score (nSPS) is 22.3. The van der Waals surface area contributed by atoms with Crippen molar-refractivity contribution in [2.24, 2.45) is 5.73 Å². The van der Waals surface area contributed by atoms with E-state index in [-0.39, 0.29) is 23.6 Å². The first-order valence-corrected chi connectivity index (χ1v) is 7.94. The monoisotopic (exact) mass is 294 g/mol. The highest BCUT2D eigenvalue weighted by Crippen LogP contribution is 2.17. The van der Waals surface area contributed by atoms with Crippen LogP contribution in [0.1, 0.15) is 18.9 Å². The van der Waals surface area contributed by atoms with E-state index in [4.69, 9.17) is 10.5 Å². The van der Waals surface area contributed by atoms with Gasteiger partial charge in [0, 0.05) is 12.2 Å². The summed E-state index contributed by atoms with van der Waals surface area (Å²) in [5, 5.41) is 0. The van der Waals surface area contributed by atoms with Gasteiger partial charge >= 0.3 is 0 Å². The van der Waals surface area contributed by atoms with Crippen LogP contribution < -0.4 is 10.5 Å². The Bertz CT molecular complexity index is 614. The number of hydrogen-bond acceptors (Lipinski definition) is 4. The highest BCUT2D eigenvalue weighted by atomic mass is 32.2. The summed E-state index contributed by atoms with van der Waals surface area (Å²) in [5.41, 5.74) is 6.03. The number of rotatable bonds is 3. The van der Waals surface area contributed by atoms with E-state index in [1.807, 2.05) is 6.92 Å². The van der Waals surface area contributed by atoms with E-state index in [0.717, 1.165) is 5.56 Å². The molecule has 2 rings (SSSR count). The topological polar surface area (TPSA) is 81.4 Å². The molecule has 1 fully saturated rings. The smallest absolute Gasteiger partial charge is 0.240 e. The summed E-state index contributed by atoms with van der Waals surface area (Å²) in [5.74, 6) is 5.58. The number of benzene rings is 1. The van der Waals surface area contributed by atoms with Gasteiger partial charge < -0.3 is 10.5 Å². The molecule has 0 radical (unpaired) electrons. The number of ether oxygens (including phenoxy) is 1. The molecule has 6 heteroatoms. The van der Waals surface area contributed by atoms with Gasteiger partial charge in [0.1, 0.15) is 0 Å². The summed E-state index contributed by atoms with van der Waals surface area (Å²) in [7, 11) is -3.52. The van der Waals surface area contributed by atoms with Gasteiger partial charge in [-0.05, 0) is 37.6 Å². The van der Waals surface area contributed by atoms with E-state index in [1.165, 1.54) is 0 Å². The number of nitrogens with two attached hydrogens (primary N) is 1. The lowest BCUT2D eigenvalue weighted by atomic mass is 10.2. The Hall–Kier alpha value is -1.39. The van der Waals surface area contributed by atoms with Crippen molar-refractivity contribution in [2.45, 2.75) is 30.4 Å². The predicted octanol–water partition coefficient (Wildman–Crippen LogP) is 0.453. The Morgan fingerprint density at radius 2 is 2.10 bits per heavy atom. The minimum absolute atomic E-state index is 0.0977. The van der Waals surface area contributed by atoms with Crippen molar-refractivity contribution in [3.63, 3.8) is 0 Å². The largest absolute Gasteiger partial charge is 0.377 e. The average Bonchev–Trinajstić information content (AvgIpc) is 2.82. The molecule has 108 valence electrons. The van der Waals surface area contributed by atoms with Crippen molar-refractivity contribution in [3.05, 3.63) is 29.8 Å². The van der Waals surface area contributed by atoms with E-state index < -0.39 is 10.0 Å². The maximum atomic E-state index is 12.2. The summed E-state index contributed by atoms with van der Waals surface area (Å²) in [6.45, 7) is 2.73. The lowest BCUT2D eigenvalue weighted by Crippen LogP contribution is -2.39. The molecule has 0 aliphatic carbocycles. The highest BCUT2D eigenvalue weighted by Gasteiger charge is 2.29.